The molecule has 1 aromatic carbocycles. The van der Waals surface area contributed by atoms with Gasteiger partial charge in [-0.2, -0.15) is 0 Å². The molecule has 2 atom stereocenters. The van der Waals surface area contributed by atoms with E-state index in [-0.39, 0.29) is 29.2 Å². The fourth-order valence-electron chi connectivity index (χ4n) is 3.76. The number of amidine groups is 1. The number of aryl methyl sites for hydroxylation is 1. The maximum Gasteiger partial charge on any atom is 0.146 e. The highest BCUT2D eigenvalue weighted by Gasteiger charge is 2.32. The topological polar surface area (TPSA) is 74.7 Å². The van der Waals surface area contributed by atoms with Crippen LogP contribution in [0.15, 0.2) is 41.7 Å². The zero-order chi connectivity index (χ0) is 19.3. The molecule has 2 aliphatic heterocycles. The van der Waals surface area contributed by atoms with Crippen molar-refractivity contribution in [3.63, 3.8) is 0 Å². The Morgan fingerprint density at radius 3 is 2.86 bits per heavy atom. The normalized spacial score (nSPS) is 19.9. The van der Waals surface area contributed by atoms with Gasteiger partial charge in [0, 0.05) is 32.0 Å². The van der Waals surface area contributed by atoms with Gasteiger partial charge in [-0.05, 0) is 31.0 Å². The Bertz CT molecular complexity index is 828. The van der Waals surface area contributed by atoms with Crippen molar-refractivity contribution in [3.8, 4) is 5.75 Å². The summed E-state index contributed by atoms with van der Waals surface area (Å²) in [6.07, 6.45) is 6.05. The van der Waals surface area contributed by atoms with Crippen LogP contribution in [0.1, 0.15) is 37.2 Å². The smallest absolute Gasteiger partial charge is 0.146 e. The molecule has 1 fully saturated rings. The molecule has 0 amide bonds. The Morgan fingerprint density at radius 1 is 1.28 bits per heavy atom. The number of hydrogen-bond donors (Lipinski definition) is 2. The van der Waals surface area contributed by atoms with Crippen molar-refractivity contribution in [3.05, 3.63) is 48.0 Å². The second-order valence-corrected chi connectivity index (χ2v) is 7.34. The molecule has 0 saturated carbocycles. The molecular formula is C21H29BrN6O. The third-order valence-electron chi connectivity index (χ3n) is 5.16. The fourth-order valence-corrected chi connectivity index (χ4v) is 3.76. The molecule has 2 unspecified atom stereocenters. The number of rotatable bonds is 5. The van der Waals surface area contributed by atoms with E-state index in [4.69, 9.17) is 9.73 Å². The van der Waals surface area contributed by atoms with Crippen LogP contribution in [0.3, 0.4) is 0 Å². The molecule has 156 valence electrons. The first kappa shape index (κ1) is 21.7. The molecule has 2 aliphatic rings. The summed E-state index contributed by atoms with van der Waals surface area (Å²) in [7, 11) is 0. The molecule has 3 heterocycles. The Morgan fingerprint density at radius 2 is 2.07 bits per heavy atom. The number of piperazine rings is 1. The molecule has 0 spiro atoms. The van der Waals surface area contributed by atoms with Crippen LogP contribution in [0, 0.1) is 6.92 Å². The highest BCUT2D eigenvalue weighted by molar-refractivity contribution is 8.93. The first-order valence-corrected chi connectivity index (χ1v) is 10.1. The van der Waals surface area contributed by atoms with Crippen LogP contribution in [-0.4, -0.2) is 53.1 Å². The van der Waals surface area contributed by atoms with Crippen molar-refractivity contribution in [2.45, 2.75) is 38.9 Å². The molecule has 2 aromatic rings. The van der Waals surface area contributed by atoms with Crippen molar-refractivity contribution < 1.29 is 4.74 Å². The van der Waals surface area contributed by atoms with E-state index in [2.05, 4.69) is 32.4 Å². The van der Waals surface area contributed by atoms with Crippen molar-refractivity contribution in [1.82, 2.24) is 25.5 Å². The number of nitrogens with zero attached hydrogens (tertiary/aromatic N) is 4. The third kappa shape index (κ3) is 5.12. The van der Waals surface area contributed by atoms with E-state index in [1.165, 1.54) is 0 Å². The van der Waals surface area contributed by atoms with E-state index in [1.54, 1.807) is 0 Å². The Kier molecular flexibility index (Phi) is 7.57. The van der Waals surface area contributed by atoms with Crippen molar-refractivity contribution in [2.24, 2.45) is 4.99 Å². The number of aromatic nitrogens is 2. The molecule has 0 aliphatic carbocycles. The lowest BCUT2D eigenvalue weighted by Crippen LogP contribution is -2.57. The Labute approximate surface area is 182 Å². The van der Waals surface area contributed by atoms with Gasteiger partial charge < -0.3 is 15.4 Å². The van der Waals surface area contributed by atoms with E-state index < -0.39 is 0 Å². The lowest BCUT2D eigenvalue weighted by atomic mass is 10.1. The number of aliphatic imine (C=N–C) groups is 1. The summed E-state index contributed by atoms with van der Waals surface area (Å²) in [6, 6.07) is 8.04. The minimum atomic E-state index is 0. The predicted molar refractivity (Wildman–Crippen MR) is 120 cm³/mol. The van der Waals surface area contributed by atoms with E-state index in [9.17, 15) is 0 Å². The van der Waals surface area contributed by atoms with Crippen LogP contribution in [0.25, 0.3) is 0 Å². The lowest BCUT2D eigenvalue weighted by molar-refractivity contribution is 0.0848. The molecule has 2 N–H and O–H groups in total. The Balaban J connectivity index is 0.00000240. The average Bonchev–Trinajstić information content (AvgIpc) is 2.74. The van der Waals surface area contributed by atoms with Crippen LogP contribution in [0.5, 0.6) is 5.75 Å². The van der Waals surface area contributed by atoms with Crippen molar-refractivity contribution in [2.75, 3.05) is 26.2 Å². The predicted octanol–water partition coefficient (Wildman–Crippen LogP) is 3.15. The summed E-state index contributed by atoms with van der Waals surface area (Å²) in [6.45, 7) is 7.43. The SMILES string of the molecule is Br.CCCC(NC1=Nc2ccccc2OC1)N1CCNCC1c1ncc(C)cn1. The zero-order valence-corrected chi connectivity index (χ0v) is 18.7. The largest absolute Gasteiger partial charge is 0.483 e. The zero-order valence-electron chi connectivity index (χ0n) is 17.0. The summed E-state index contributed by atoms with van der Waals surface area (Å²) in [5.74, 6) is 2.58. The van der Waals surface area contributed by atoms with Crippen LogP contribution in [0.4, 0.5) is 5.69 Å². The molecule has 8 heteroatoms. The van der Waals surface area contributed by atoms with E-state index >= 15 is 0 Å². The maximum atomic E-state index is 5.88. The van der Waals surface area contributed by atoms with E-state index in [0.29, 0.717) is 6.61 Å². The monoisotopic (exact) mass is 460 g/mol. The number of halogens is 1. The maximum absolute atomic E-state index is 5.88. The molecule has 4 rings (SSSR count). The van der Waals surface area contributed by atoms with Gasteiger partial charge in [-0.1, -0.05) is 25.5 Å². The number of benzene rings is 1. The summed E-state index contributed by atoms with van der Waals surface area (Å²) < 4.78 is 5.88. The van der Waals surface area contributed by atoms with Crippen LogP contribution in [0.2, 0.25) is 0 Å². The molecule has 0 bridgehead atoms. The van der Waals surface area contributed by atoms with Gasteiger partial charge in [0.15, 0.2) is 0 Å². The van der Waals surface area contributed by atoms with Crippen LogP contribution >= 0.6 is 17.0 Å². The standard InChI is InChI=1S/C21H28N6O.BrH/c1-3-6-20(26-19-14-28-18-8-5-4-7-16(18)25-19)27-10-9-22-13-17(27)21-23-11-15(2)12-24-21;/h4-5,7-8,11-12,17,20,22H,3,6,9-10,13-14H2,1-2H3,(H,25,26);1H. The van der Waals surface area contributed by atoms with Crippen molar-refractivity contribution in [1.29, 1.82) is 0 Å². The number of ether oxygens (including phenoxy) is 1. The van der Waals surface area contributed by atoms with Crippen LogP contribution in [-0.2, 0) is 0 Å². The van der Waals surface area contributed by atoms with Gasteiger partial charge in [0.2, 0.25) is 0 Å². The van der Waals surface area contributed by atoms with Gasteiger partial charge >= 0.3 is 0 Å². The van der Waals surface area contributed by atoms with E-state index in [1.807, 2.05) is 43.6 Å². The highest BCUT2D eigenvalue weighted by atomic mass is 79.9. The van der Waals surface area contributed by atoms with Gasteiger partial charge in [0.05, 0.1) is 12.2 Å². The number of nitrogens with one attached hydrogen (secondary N) is 2. The highest BCUT2D eigenvalue weighted by Crippen LogP contribution is 2.30. The van der Waals surface area contributed by atoms with Gasteiger partial charge in [0.25, 0.3) is 0 Å². The minimum Gasteiger partial charge on any atom is -0.483 e. The first-order valence-electron chi connectivity index (χ1n) is 10.1. The average molecular weight is 461 g/mol. The molecule has 1 saturated heterocycles. The van der Waals surface area contributed by atoms with Gasteiger partial charge in [-0.15, -0.1) is 17.0 Å². The number of hydrogen-bond acceptors (Lipinski definition) is 7. The quantitative estimate of drug-likeness (QED) is 0.713. The lowest BCUT2D eigenvalue weighted by Gasteiger charge is -2.41. The second kappa shape index (κ2) is 10.1. The van der Waals surface area contributed by atoms with Gasteiger partial charge in [-0.3, -0.25) is 4.90 Å². The number of para-hydroxylation sites is 2. The molecule has 29 heavy (non-hydrogen) atoms. The van der Waals surface area contributed by atoms with Crippen LogP contribution < -0.4 is 15.4 Å². The summed E-state index contributed by atoms with van der Waals surface area (Å²) in [5, 5.41) is 7.13. The molecule has 0 radical (unpaired) electrons. The molecule has 1 aromatic heterocycles. The van der Waals surface area contributed by atoms with Gasteiger partial charge in [-0.25, -0.2) is 15.0 Å². The summed E-state index contributed by atoms with van der Waals surface area (Å²) in [4.78, 5) is 16.4. The van der Waals surface area contributed by atoms with E-state index in [0.717, 1.165) is 61.1 Å². The first-order chi connectivity index (χ1) is 13.7. The summed E-state index contributed by atoms with van der Waals surface area (Å²) in [5.41, 5.74) is 1.96. The number of fused-ring (bicyclic) bond motifs is 1. The van der Waals surface area contributed by atoms with Crippen molar-refractivity contribution >= 4 is 28.5 Å². The molecule has 7 nitrogen and oxygen atoms in total. The van der Waals surface area contributed by atoms with Gasteiger partial charge in [0.1, 0.15) is 29.7 Å². The third-order valence-corrected chi connectivity index (χ3v) is 5.16. The summed E-state index contributed by atoms with van der Waals surface area (Å²) >= 11 is 0. The molecular weight excluding hydrogens is 432 g/mol. The fraction of sp³-hybridized carbons (Fsp3) is 0.476. The Hall–Kier alpha value is -2.03. The second-order valence-electron chi connectivity index (χ2n) is 7.34. The minimum absolute atomic E-state index is 0.